The van der Waals surface area contributed by atoms with Gasteiger partial charge in [0.1, 0.15) is 0 Å². The molecule has 0 fully saturated rings. The summed E-state index contributed by atoms with van der Waals surface area (Å²) in [7, 11) is 0. The van der Waals surface area contributed by atoms with Gasteiger partial charge in [-0.05, 0) is 36.4 Å². The van der Waals surface area contributed by atoms with E-state index < -0.39 is 0 Å². The zero-order valence-corrected chi connectivity index (χ0v) is 24.8. The van der Waals surface area contributed by atoms with E-state index >= 15 is 0 Å². The monoisotopic (exact) mass is 592 g/mol. The molecule has 0 saturated heterocycles. The summed E-state index contributed by atoms with van der Waals surface area (Å²) in [6.07, 6.45) is 1.44. The lowest BCUT2D eigenvalue weighted by molar-refractivity contribution is 1.07. The van der Waals surface area contributed by atoms with Gasteiger partial charge < -0.3 is 15.3 Å². The van der Waals surface area contributed by atoms with Crippen molar-refractivity contribution in [2.75, 3.05) is 5.32 Å². The van der Waals surface area contributed by atoms with Gasteiger partial charge in [0.25, 0.3) is 0 Å². The first kappa shape index (κ1) is 27.2. The molecule has 6 nitrogen and oxygen atoms in total. The van der Waals surface area contributed by atoms with Crippen LogP contribution in [0.4, 0.5) is 11.4 Å². The topological polar surface area (TPSA) is 79.5 Å². The average molecular weight is 593 g/mol. The molecular formula is C40H28N6. The molecule has 6 aromatic carbocycles. The number of nitrogens with zero attached hydrogens (tertiary/aromatic N) is 4. The van der Waals surface area contributed by atoms with E-state index in [1.807, 2.05) is 103 Å². The lowest BCUT2D eigenvalue weighted by atomic mass is 10.1. The lowest BCUT2D eigenvalue weighted by Gasteiger charge is -2.15. The normalized spacial score (nSPS) is 11.1. The molecule has 8 aromatic rings. The number of para-hydroxylation sites is 2. The second-order valence-electron chi connectivity index (χ2n) is 11.0. The molecule has 0 bridgehead atoms. The minimum Gasteiger partial charge on any atom is -0.355 e. The summed E-state index contributed by atoms with van der Waals surface area (Å²) in [5.41, 5.74) is 8.33. The summed E-state index contributed by atoms with van der Waals surface area (Å²) in [5.74, 6) is 1.83. The maximum Gasteiger partial charge on any atom is 0.164 e. The molecular weight excluding hydrogens is 564 g/mol. The second-order valence-corrected chi connectivity index (χ2v) is 11.0. The molecule has 0 aliphatic heterocycles. The van der Waals surface area contributed by atoms with Crippen molar-refractivity contribution in [1.29, 1.82) is 5.41 Å². The van der Waals surface area contributed by atoms with E-state index in [2.05, 4.69) is 58.4 Å². The molecule has 0 unspecified atom stereocenters. The SMILES string of the molecule is N=Cc1c(Nc2ccccc2)ccc2c3ccccc3n(-c3cccc(-c4nc(-c5ccccc5)nc(-c5ccccc5)n4)c3)c12. The Hall–Kier alpha value is -6.40. The van der Waals surface area contributed by atoms with Gasteiger partial charge >= 0.3 is 0 Å². The van der Waals surface area contributed by atoms with Gasteiger partial charge in [-0.15, -0.1) is 0 Å². The van der Waals surface area contributed by atoms with Crippen LogP contribution >= 0.6 is 0 Å². The Kier molecular flexibility index (Phi) is 6.85. The number of benzene rings is 6. The average Bonchev–Trinajstić information content (AvgIpc) is 3.47. The zero-order valence-electron chi connectivity index (χ0n) is 24.8. The molecule has 2 N–H and O–H groups in total. The minimum atomic E-state index is 0.592. The van der Waals surface area contributed by atoms with Crippen LogP contribution in [0.15, 0.2) is 152 Å². The molecule has 2 heterocycles. The van der Waals surface area contributed by atoms with Gasteiger partial charge in [-0.1, -0.05) is 115 Å². The van der Waals surface area contributed by atoms with Crippen molar-refractivity contribution in [3.05, 3.63) is 157 Å². The van der Waals surface area contributed by atoms with Crippen molar-refractivity contribution < 1.29 is 0 Å². The zero-order chi connectivity index (χ0) is 30.9. The Morgan fingerprint density at radius 3 is 1.74 bits per heavy atom. The largest absolute Gasteiger partial charge is 0.355 e. The summed E-state index contributed by atoms with van der Waals surface area (Å²) in [6, 6.07) is 50.9. The number of anilines is 2. The van der Waals surface area contributed by atoms with E-state index in [0.29, 0.717) is 17.5 Å². The number of nitrogens with one attached hydrogen (secondary N) is 2. The number of fused-ring (bicyclic) bond motifs is 3. The molecule has 0 saturated carbocycles. The van der Waals surface area contributed by atoms with Gasteiger partial charge in [0, 0.05) is 56.3 Å². The highest BCUT2D eigenvalue weighted by molar-refractivity contribution is 6.16. The van der Waals surface area contributed by atoms with E-state index in [-0.39, 0.29) is 0 Å². The van der Waals surface area contributed by atoms with Gasteiger partial charge in [-0.2, -0.15) is 0 Å². The van der Waals surface area contributed by atoms with Crippen LogP contribution in [0.2, 0.25) is 0 Å². The fourth-order valence-corrected chi connectivity index (χ4v) is 6.01. The molecule has 8 rings (SSSR count). The van der Waals surface area contributed by atoms with E-state index in [0.717, 1.165) is 61.1 Å². The highest BCUT2D eigenvalue weighted by atomic mass is 15.0. The molecule has 0 atom stereocenters. The highest BCUT2D eigenvalue weighted by Gasteiger charge is 2.19. The van der Waals surface area contributed by atoms with Crippen LogP contribution < -0.4 is 5.32 Å². The van der Waals surface area contributed by atoms with Crippen LogP contribution in [0.25, 0.3) is 61.7 Å². The number of aromatic nitrogens is 4. The van der Waals surface area contributed by atoms with Crippen molar-refractivity contribution in [3.8, 4) is 39.9 Å². The molecule has 0 radical (unpaired) electrons. The van der Waals surface area contributed by atoms with Crippen molar-refractivity contribution >= 4 is 39.4 Å². The Bertz CT molecular complexity index is 2290. The van der Waals surface area contributed by atoms with Crippen molar-refractivity contribution in [2.45, 2.75) is 0 Å². The molecule has 2 aromatic heterocycles. The van der Waals surface area contributed by atoms with Crippen molar-refractivity contribution in [3.63, 3.8) is 0 Å². The first-order valence-electron chi connectivity index (χ1n) is 15.1. The first-order valence-corrected chi connectivity index (χ1v) is 15.1. The van der Waals surface area contributed by atoms with Gasteiger partial charge in [0.05, 0.1) is 11.0 Å². The minimum absolute atomic E-state index is 0.592. The molecule has 0 aliphatic rings. The van der Waals surface area contributed by atoms with Crippen LogP contribution in [0.3, 0.4) is 0 Å². The maximum absolute atomic E-state index is 8.55. The Balaban J connectivity index is 1.33. The third-order valence-corrected chi connectivity index (χ3v) is 8.13. The summed E-state index contributed by atoms with van der Waals surface area (Å²) >= 11 is 0. The Morgan fingerprint density at radius 2 is 1.09 bits per heavy atom. The Morgan fingerprint density at radius 1 is 0.522 bits per heavy atom. The quantitative estimate of drug-likeness (QED) is 0.181. The fourth-order valence-electron chi connectivity index (χ4n) is 6.01. The molecule has 218 valence electrons. The molecule has 0 amide bonds. The Labute approximate surface area is 266 Å². The number of rotatable bonds is 7. The van der Waals surface area contributed by atoms with Crippen LogP contribution in [0.1, 0.15) is 5.56 Å². The second kappa shape index (κ2) is 11.6. The van der Waals surface area contributed by atoms with E-state index in [1.165, 1.54) is 6.21 Å². The van der Waals surface area contributed by atoms with Crippen LogP contribution in [-0.4, -0.2) is 25.7 Å². The smallest absolute Gasteiger partial charge is 0.164 e. The summed E-state index contributed by atoms with van der Waals surface area (Å²) in [5, 5.41) is 14.3. The summed E-state index contributed by atoms with van der Waals surface area (Å²) < 4.78 is 2.24. The standard InChI is InChI=1S/C40H28N6/c41-26-34-35(42-30-18-8-3-9-19-30)24-23-33-32-21-10-11-22-36(32)46(37(33)34)31-20-12-17-29(25-31)40-44-38(27-13-4-1-5-14-27)43-39(45-40)28-15-6-2-7-16-28/h1-26,41-42H. The predicted molar refractivity (Wildman–Crippen MR) is 188 cm³/mol. The van der Waals surface area contributed by atoms with E-state index in [4.69, 9.17) is 20.4 Å². The molecule has 0 aliphatic carbocycles. The predicted octanol–water partition coefficient (Wildman–Crippen LogP) is 9.71. The summed E-state index contributed by atoms with van der Waals surface area (Å²) in [6.45, 7) is 0. The molecule has 6 heteroatoms. The summed E-state index contributed by atoms with van der Waals surface area (Å²) in [4.78, 5) is 14.8. The van der Waals surface area contributed by atoms with Gasteiger partial charge in [-0.3, -0.25) is 0 Å². The molecule has 46 heavy (non-hydrogen) atoms. The van der Waals surface area contributed by atoms with Crippen molar-refractivity contribution in [1.82, 2.24) is 19.5 Å². The van der Waals surface area contributed by atoms with Gasteiger partial charge in [0.15, 0.2) is 17.5 Å². The van der Waals surface area contributed by atoms with Gasteiger partial charge in [-0.25, -0.2) is 15.0 Å². The third-order valence-electron chi connectivity index (χ3n) is 8.13. The third kappa shape index (κ3) is 4.88. The van der Waals surface area contributed by atoms with Crippen LogP contribution in [0, 0.1) is 5.41 Å². The highest BCUT2D eigenvalue weighted by Crippen LogP contribution is 2.38. The lowest BCUT2D eigenvalue weighted by Crippen LogP contribution is -2.02. The number of hydrogen-bond acceptors (Lipinski definition) is 5. The molecule has 0 spiro atoms. The van der Waals surface area contributed by atoms with E-state index in [1.54, 1.807) is 0 Å². The first-order chi connectivity index (χ1) is 22.8. The van der Waals surface area contributed by atoms with Crippen LogP contribution in [-0.2, 0) is 0 Å². The number of hydrogen-bond donors (Lipinski definition) is 2. The van der Waals surface area contributed by atoms with Gasteiger partial charge in [0.2, 0.25) is 0 Å². The van der Waals surface area contributed by atoms with Crippen molar-refractivity contribution in [2.24, 2.45) is 0 Å². The van der Waals surface area contributed by atoms with Crippen LogP contribution in [0.5, 0.6) is 0 Å². The fraction of sp³-hybridized carbons (Fsp3) is 0. The maximum atomic E-state index is 8.55. The van der Waals surface area contributed by atoms with E-state index in [9.17, 15) is 0 Å².